The number of nitrogens with one attached hydrogen (secondary N) is 2. The van der Waals surface area contributed by atoms with E-state index in [-0.39, 0.29) is 11.7 Å². The van der Waals surface area contributed by atoms with Crippen LogP contribution in [0.1, 0.15) is 22.8 Å². The highest BCUT2D eigenvalue weighted by Crippen LogP contribution is 2.43. The minimum Gasteiger partial charge on any atom is -0.354 e. The monoisotopic (exact) mass is 730 g/mol. The van der Waals surface area contributed by atoms with Crippen LogP contribution in [-0.4, -0.2) is 34.1 Å². The van der Waals surface area contributed by atoms with Crippen LogP contribution in [0.15, 0.2) is 157 Å². The number of benzene rings is 4. The van der Waals surface area contributed by atoms with Crippen molar-refractivity contribution in [2.24, 2.45) is 5.92 Å². The topological polar surface area (TPSA) is 91.5 Å². The molecule has 8 bridgehead atoms. The molecule has 6 nitrogen and oxygen atoms in total. The predicted molar refractivity (Wildman–Crippen MR) is 226 cm³/mol. The maximum Gasteiger partial charge on any atom is 0.172 e. The van der Waals surface area contributed by atoms with Crippen molar-refractivity contribution in [3.05, 3.63) is 180 Å². The molecule has 0 saturated carbocycles. The number of rotatable bonds is 5. The highest BCUT2D eigenvalue weighted by Gasteiger charge is 2.31. The Morgan fingerprint density at radius 1 is 0.473 bits per heavy atom. The summed E-state index contributed by atoms with van der Waals surface area (Å²) in [5.41, 5.74) is 15.4. The summed E-state index contributed by atoms with van der Waals surface area (Å²) in [6, 6.07) is 49.6. The van der Waals surface area contributed by atoms with Crippen LogP contribution in [0.2, 0.25) is 0 Å². The first-order valence-electron chi connectivity index (χ1n) is 18.3. The number of nitrogens with zero attached hydrogens (tertiary/aromatic N) is 2. The predicted octanol–water partition coefficient (Wildman–Crippen LogP) is 11.3. The maximum absolute atomic E-state index is 13.0. The zero-order chi connectivity index (χ0) is 36.9. The van der Waals surface area contributed by atoms with Crippen LogP contribution < -0.4 is 0 Å². The molecular formula is C48H34N4O2S. The molecule has 1 atom stereocenters. The highest BCUT2D eigenvalue weighted by atomic mass is 32.2. The van der Waals surface area contributed by atoms with Crippen molar-refractivity contribution in [1.29, 1.82) is 0 Å². The second kappa shape index (κ2) is 13.2. The second-order valence-electron chi connectivity index (χ2n) is 14.0. The van der Waals surface area contributed by atoms with Gasteiger partial charge in [-0.2, -0.15) is 0 Å². The molecule has 6 heterocycles. The number of hydrogen-bond donors (Lipinski definition) is 2. The van der Waals surface area contributed by atoms with E-state index in [1.807, 2.05) is 72.8 Å². The van der Waals surface area contributed by atoms with E-state index in [2.05, 4.69) is 101 Å². The Morgan fingerprint density at radius 3 is 1.29 bits per heavy atom. The molecule has 2 N–H and O–H groups in total. The fourth-order valence-corrected chi connectivity index (χ4v) is 9.32. The molecule has 4 aromatic carbocycles. The van der Waals surface area contributed by atoms with Gasteiger partial charge in [-0.15, -0.1) is 0 Å². The van der Waals surface area contributed by atoms with E-state index < -0.39 is 9.84 Å². The van der Waals surface area contributed by atoms with Gasteiger partial charge in [0.25, 0.3) is 0 Å². The zero-order valence-corrected chi connectivity index (χ0v) is 30.5. The lowest BCUT2D eigenvalue weighted by molar-refractivity contribution is 0.604. The Kier molecular flexibility index (Phi) is 7.89. The van der Waals surface area contributed by atoms with E-state index in [0.717, 1.165) is 94.9 Å². The second-order valence-corrected chi connectivity index (χ2v) is 15.9. The molecule has 0 aliphatic carbocycles. The fraction of sp³-hybridized carbons (Fsp3) is 0.0417. The van der Waals surface area contributed by atoms with Crippen LogP contribution in [-0.2, 0) is 9.84 Å². The SMILES string of the molecule is O=S1(=O)C=CC(C2=Cc3nc2c(-c2ccccc2)c2ccc([nH]2)c(-c2ccccc2)c2nc(c(-c4ccccc4)c4ccc([nH]4)c3-c3ccccc3)C=C2)C1. The Bertz CT molecular complexity index is 3000. The van der Waals surface area contributed by atoms with Crippen LogP contribution in [0.25, 0.3) is 90.4 Å². The lowest BCUT2D eigenvalue weighted by Gasteiger charge is -2.12. The zero-order valence-electron chi connectivity index (χ0n) is 29.6. The van der Waals surface area contributed by atoms with Gasteiger partial charge >= 0.3 is 0 Å². The standard InChI is InChI=1S/C48H34N4O2S/c53-55(54)28-27-35(30-55)36-29-43-46(33-17-9-3-10-18-33)41-24-23-39(50-41)44(31-13-5-1-6-14-31)37-21-22-38(49-37)45(32-15-7-2-8-16-32)40-25-26-42(51-40)47(48(36)52-43)34-19-11-4-12-20-34/h1-29,35,50-51H,30H2. The van der Waals surface area contributed by atoms with Crippen LogP contribution >= 0.6 is 0 Å². The summed E-state index contributed by atoms with van der Waals surface area (Å²) in [6.45, 7) is 0. The molecule has 264 valence electrons. The van der Waals surface area contributed by atoms with E-state index in [4.69, 9.17) is 9.97 Å². The molecule has 1 unspecified atom stereocenters. The molecule has 0 fully saturated rings. The van der Waals surface area contributed by atoms with Crippen molar-refractivity contribution in [2.45, 2.75) is 0 Å². The molecule has 0 amide bonds. The molecule has 3 aliphatic heterocycles. The number of fused-ring (bicyclic) bond motifs is 8. The molecule has 0 saturated heterocycles. The Hall–Kier alpha value is -6.83. The summed E-state index contributed by atoms with van der Waals surface area (Å²) < 4.78 is 25.9. The van der Waals surface area contributed by atoms with Crippen molar-refractivity contribution in [3.8, 4) is 44.5 Å². The van der Waals surface area contributed by atoms with Crippen molar-refractivity contribution >= 4 is 55.7 Å². The summed E-state index contributed by atoms with van der Waals surface area (Å²) >= 11 is 0. The number of allylic oxidation sites excluding steroid dienone is 2. The molecule has 0 radical (unpaired) electrons. The van der Waals surface area contributed by atoms with E-state index in [1.54, 1.807) is 6.08 Å². The maximum atomic E-state index is 13.0. The molecule has 7 heteroatoms. The van der Waals surface area contributed by atoms with Gasteiger partial charge in [0.1, 0.15) is 0 Å². The normalized spacial score (nSPS) is 15.6. The van der Waals surface area contributed by atoms with E-state index >= 15 is 0 Å². The van der Waals surface area contributed by atoms with Gasteiger partial charge in [-0.25, -0.2) is 18.4 Å². The third kappa shape index (κ3) is 5.95. The van der Waals surface area contributed by atoms with Crippen molar-refractivity contribution in [3.63, 3.8) is 0 Å². The summed E-state index contributed by atoms with van der Waals surface area (Å²) in [4.78, 5) is 18.5. The van der Waals surface area contributed by atoms with Gasteiger partial charge in [0.15, 0.2) is 9.84 Å². The van der Waals surface area contributed by atoms with Gasteiger partial charge in [-0.1, -0.05) is 127 Å². The molecule has 3 aliphatic rings. The van der Waals surface area contributed by atoms with Gasteiger partial charge in [-0.05, 0) is 70.3 Å². The first-order chi connectivity index (χ1) is 27.0. The van der Waals surface area contributed by atoms with Crippen LogP contribution in [0.4, 0.5) is 0 Å². The third-order valence-corrected chi connectivity index (χ3v) is 11.9. The highest BCUT2D eigenvalue weighted by molar-refractivity contribution is 7.94. The van der Waals surface area contributed by atoms with Crippen molar-refractivity contribution in [1.82, 2.24) is 19.9 Å². The lowest BCUT2D eigenvalue weighted by Crippen LogP contribution is -2.07. The third-order valence-electron chi connectivity index (χ3n) is 10.5. The summed E-state index contributed by atoms with van der Waals surface area (Å²) in [5, 5.41) is 1.35. The van der Waals surface area contributed by atoms with Crippen LogP contribution in [0.3, 0.4) is 0 Å². The summed E-state index contributed by atoms with van der Waals surface area (Å²) in [5.74, 6) is -0.383. The molecule has 10 rings (SSSR count). The number of sulfone groups is 1. The van der Waals surface area contributed by atoms with Gasteiger partial charge in [0.05, 0.1) is 28.5 Å². The van der Waals surface area contributed by atoms with E-state index in [0.29, 0.717) is 0 Å². The Balaban J connectivity index is 1.42. The van der Waals surface area contributed by atoms with E-state index in [1.165, 1.54) is 5.41 Å². The Morgan fingerprint density at radius 2 is 0.873 bits per heavy atom. The van der Waals surface area contributed by atoms with Gasteiger partial charge < -0.3 is 9.97 Å². The average molecular weight is 731 g/mol. The smallest absolute Gasteiger partial charge is 0.172 e. The fourth-order valence-electron chi connectivity index (χ4n) is 7.99. The average Bonchev–Trinajstić information content (AvgIpc) is 4.08. The molecule has 3 aromatic heterocycles. The number of H-pyrrole nitrogens is 2. The lowest BCUT2D eigenvalue weighted by atomic mass is 9.92. The van der Waals surface area contributed by atoms with Crippen molar-refractivity contribution in [2.75, 3.05) is 5.75 Å². The summed E-state index contributed by atoms with van der Waals surface area (Å²) in [6.07, 6.45) is 8.10. The molecule has 0 spiro atoms. The first-order valence-corrected chi connectivity index (χ1v) is 20.0. The molecule has 55 heavy (non-hydrogen) atoms. The number of aromatic amines is 2. The first kappa shape index (κ1) is 32.8. The number of hydrogen-bond acceptors (Lipinski definition) is 4. The van der Waals surface area contributed by atoms with Crippen LogP contribution in [0.5, 0.6) is 0 Å². The van der Waals surface area contributed by atoms with Gasteiger partial charge in [-0.3, -0.25) is 0 Å². The number of aromatic nitrogens is 4. The van der Waals surface area contributed by atoms with E-state index in [9.17, 15) is 8.42 Å². The minimum absolute atomic E-state index is 0.0113. The quantitative estimate of drug-likeness (QED) is 0.184. The van der Waals surface area contributed by atoms with Gasteiger partial charge in [0, 0.05) is 55.6 Å². The molecular weight excluding hydrogens is 697 g/mol. The van der Waals surface area contributed by atoms with Crippen LogP contribution in [0, 0.1) is 5.92 Å². The van der Waals surface area contributed by atoms with Gasteiger partial charge in [0.2, 0.25) is 0 Å². The minimum atomic E-state index is -3.37. The molecule has 7 aromatic rings. The summed E-state index contributed by atoms with van der Waals surface area (Å²) in [7, 11) is -3.37. The largest absolute Gasteiger partial charge is 0.354 e. The Labute approximate surface area is 318 Å². The van der Waals surface area contributed by atoms with Crippen molar-refractivity contribution < 1.29 is 8.42 Å².